The number of anilines is 1. The Kier molecular flexibility index (Phi) is 7.12. The fraction of sp³-hybridized carbons (Fsp3) is 0.192. The predicted octanol–water partition coefficient (Wildman–Crippen LogP) is 4.70. The molecule has 7 heteroatoms. The Labute approximate surface area is 193 Å². The average molecular weight is 442 g/mol. The molecule has 2 N–H and O–H groups in total. The highest BCUT2D eigenvalue weighted by Gasteiger charge is 2.24. The van der Waals surface area contributed by atoms with Crippen molar-refractivity contribution in [3.05, 3.63) is 103 Å². The van der Waals surface area contributed by atoms with E-state index in [2.05, 4.69) is 20.7 Å². The van der Waals surface area contributed by atoms with E-state index in [0.717, 1.165) is 16.8 Å². The van der Waals surface area contributed by atoms with Gasteiger partial charge in [0.1, 0.15) is 24.4 Å². The van der Waals surface area contributed by atoms with Crippen LogP contribution >= 0.6 is 0 Å². The van der Waals surface area contributed by atoms with Crippen molar-refractivity contribution in [3.8, 4) is 11.4 Å². The molecule has 0 fully saturated rings. The second-order valence-electron chi connectivity index (χ2n) is 7.58. The molecule has 0 saturated heterocycles. The summed E-state index contributed by atoms with van der Waals surface area (Å²) in [7, 11) is 0. The molecule has 4 rings (SSSR count). The Balaban J connectivity index is 1.54. The van der Waals surface area contributed by atoms with E-state index in [9.17, 15) is 4.79 Å². The molecule has 168 valence electrons. The van der Waals surface area contributed by atoms with Crippen molar-refractivity contribution in [3.63, 3.8) is 0 Å². The van der Waals surface area contributed by atoms with Gasteiger partial charge in [-0.2, -0.15) is 5.10 Å². The van der Waals surface area contributed by atoms with Crippen LogP contribution in [0.15, 0.2) is 91.5 Å². The highest BCUT2D eigenvalue weighted by atomic mass is 16.5. The molecule has 0 unspecified atom stereocenters. The van der Waals surface area contributed by atoms with Gasteiger partial charge < -0.3 is 10.1 Å². The molecule has 2 atom stereocenters. The lowest BCUT2D eigenvalue weighted by atomic mass is 10.0. The normalized spacial score (nSPS) is 12.7. The number of nitrogens with one attached hydrogen (secondary N) is 2. The van der Waals surface area contributed by atoms with Gasteiger partial charge in [-0.05, 0) is 49.2 Å². The number of aromatic nitrogens is 3. The molecule has 0 radical (unpaired) electrons. The highest BCUT2D eigenvalue weighted by molar-refractivity contribution is 5.96. The summed E-state index contributed by atoms with van der Waals surface area (Å²) in [5.41, 5.74) is 3.52. The number of ether oxygens (including phenoxy) is 1. The van der Waals surface area contributed by atoms with E-state index < -0.39 is 6.04 Å². The number of hydrogen-bond acceptors (Lipinski definition) is 5. The zero-order valence-corrected chi connectivity index (χ0v) is 18.7. The molecule has 0 bridgehead atoms. The lowest BCUT2D eigenvalue weighted by Crippen LogP contribution is -2.34. The van der Waals surface area contributed by atoms with E-state index in [4.69, 9.17) is 4.74 Å². The molecule has 0 spiro atoms. The maximum atomic E-state index is 13.4. The van der Waals surface area contributed by atoms with Gasteiger partial charge in [0.15, 0.2) is 0 Å². The Bertz CT molecular complexity index is 1160. The number of amides is 1. The number of carbonyl (C=O) groups excluding carboxylic acids is 1. The molecule has 33 heavy (non-hydrogen) atoms. The third-order valence-electron chi connectivity index (χ3n) is 5.33. The second kappa shape index (κ2) is 10.6. The maximum absolute atomic E-state index is 13.4. The highest BCUT2D eigenvalue weighted by Crippen LogP contribution is 2.27. The Morgan fingerprint density at radius 3 is 2.39 bits per heavy atom. The summed E-state index contributed by atoms with van der Waals surface area (Å²) in [6.07, 6.45) is 3.16. The molecule has 7 nitrogen and oxygen atoms in total. The van der Waals surface area contributed by atoms with Gasteiger partial charge in [0.25, 0.3) is 0 Å². The number of carbonyl (C=O) groups is 1. The van der Waals surface area contributed by atoms with Crippen LogP contribution < -0.4 is 15.4 Å². The molecular formula is C26H27N5O2. The topological polar surface area (TPSA) is 81.1 Å². The molecule has 3 aromatic carbocycles. The van der Waals surface area contributed by atoms with Gasteiger partial charge in [-0.15, -0.1) is 0 Å². The van der Waals surface area contributed by atoms with E-state index in [1.54, 1.807) is 11.0 Å². The maximum Gasteiger partial charge on any atom is 0.246 e. The molecule has 0 aliphatic rings. The van der Waals surface area contributed by atoms with E-state index >= 15 is 0 Å². The van der Waals surface area contributed by atoms with Gasteiger partial charge >= 0.3 is 0 Å². The standard InChI is InChI=1S/C26H27N5O2/c1-3-33-24-12-8-7-11-23(24)30-26(32)25(21-9-5-4-6-10-21)29-19(2)20-13-15-22(16-14-20)31-18-27-17-28-31/h4-19,25,29H,3H2,1-2H3,(H,30,32)/t19-,25+/m0/s1. The summed E-state index contributed by atoms with van der Waals surface area (Å²) in [5, 5.41) is 10.7. The Morgan fingerprint density at radius 1 is 0.970 bits per heavy atom. The summed E-state index contributed by atoms with van der Waals surface area (Å²) in [6.45, 7) is 4.49. The van der Waals surface area contributed by atoms with Gasteiger partial charge in [-0.1, -0.05) is 54.6 Å². The van der Waals surface area contributed by atoms with Crippen molar-refractivity contribution in [2.24, 2.45) is 0 Å². The number of hydrogen-bond donors (Lipinski definition) is 2. The number of benzene rings is 3. The van der Waals surface area contributed by atoms with Gasteiger partial charge in [-0.25, -0.2) is 9.67 Å². The minimum atomic E-state index is -0.550. The Morgan fingerprint density at radius 2 is 1.70 bits per heavy atom. The molecular weight excluding hydrogens is 414 g/mol. The SMILES string of the molecule is CCOc1ccccc1NC(=O)[C@H](N[C@@H](C)c1ccc(-n2cncn2)cc1)c1ccccc1. The molecule has 1 heterocycles. The summed E-state index contributed by atoms with van der Waals surface area (Å²) < 4.78 is 7.38. The first-order chi connectivity index (χ1) is 16.2. The number of para-hydroxylation sites is 2. The van der Waals surface area contributed by atoms with Crippen LogP contribution in [0.4, 0.5) is 5.69 Å². The lowest BCUT2D eigenvalue weighted by molar-refractivity contribution is -0.118. The van der Waals surface area contributed by atoms with Crippen LogP contribution in [-0.4, -0.2) is 27.3 Å². The first kappa shape index (κ1) is 22.2. The summed E-state index contributed by atoms with van der Waals surface area (Å²) >= 11 is 0. The smallest absolute Gasteiger partial charge is 0.246 e. The van der Waals surface area contributed by atoms with Crippen molar-refractivity contribution in [2.75, 3.05) is 11.9 Å². The number of rotatable bonds is 9. The molecule has 0 aliphatic carbocycles. The number of nitrogens with zero attached hydrogens (tertiary/aromatic N) is 3. The zero-order chi connectivity index (χ0) is 23.0. The molecule has 0 aliphatic heterocycles. The first-order valence-electron chi connectivity index (χ1n) is 10.9. The van der Waals surface area contributed by atoms with Gasteiger partial charge in [0.2, 0.25) is 5.91 Å². The van der Waals surface area contributed by atoms with Crippen molar-refractivity contribution in [1.82, 2.24) is 20.1 Å². The molecule has 1 aromatic heterocycles. The molecule has 0 saturated carbocycles. The summed E-state index contributed by atoms with van der Waals surface area (Å²) in [6, 6.07) is 24.6. The lowest BCUT2D eigenvalue weighted by Gasteiger charge is -2.24. The van der Waals surface area contributed by atoms with Gasteiger partial charge in [0, 0.05) is 6.04 Å². The van der Waals surface area contributed by atoms with Gasteiger partial charge in [0.05, 0.1) is 18.0 Å². The minimum absolute atomic E-state index is 0.0760. The zero-order valence-electron chi connectivity index (χ0n) is 18.7. The average Bonchev–Trinajstić information content (AvgIpc) is 3.39. The monoisotopic (exact) mass is 441 g/mol. The predicted molar refractivity (Wildman–Crippen MR) is 128 cm³/mol. The quantitative estimate of drug-likeness (QED) is 0.394. The van der Waals surface area contributed by atoms with Crippen LogP contribution in [-0.2, 0) is 4.79 Å². The molecule has 1 amide bonds. The summed E-state index contributed by atoms with van der Waals surface area (Å²) in [5.74, 6) is 0.497. The van der Waals surface area contributed by atoms with Crippen LogP contribution in [0, 0.1) is 0 Å². The van der Waals surface area contributed by atoms with E-state index in [1.807, 2.05) is 92.7 Å². The van der Waals surface area contributed by atoms with E-state index in [-0.39, 0.29) is 11.9 Å². The van der Waals surface area contributed by atoms with Crippen LogP contribution in [0.3, 0.4) is 0 Å². The van der Waals surface area contributed by atoms with Crippen molar-refractivity contribution in [1.29, 1.82) is 0 Å². The first-order valence-corrected chi connectivity index (χ1v) is 10.9. The Hall–Kier alpha value is -3.97. The van der Waals surface area contributed by atoms with Crippen LogP contribution in [0.25, 0.3) is 5.69 Å². The second-order valence-corrected chi connectivity index (χ2v) is 7.58. The fourth-order valence-electron chi connectivity index (χ4n) is 3.63. The fourth-order valence-corrected chi connectivity index (χ4v) is 3.63. The van der Waals surface area contributed by atoms with Crippen molar-refractivity contribution < 1.29 is 9.53 Å². The van der Waals surface area contributed by atoms with Crippen LogP contribution in [0.5, 0.6) is 5.75 Å². The van der Waals surface area contributed by atoms with Gasteiger partial charge in [-0.3, -0.25) is 10.1 Å². The summed E-state index contributed by atoms with van der Waals surface area (Å²) in [4.78, 5) is 17.4. The molecule has 4 aromatic rings. The van der Waals surface area contributed by atoms with Crippen molar-refractivity contribution >= 4 is 11.6 Å². The minimum Gasteiger partial charge on any atom is -0.492 e. The van der Waals surface area contributed by atoms with Crippen molar-refractivity contribution in [2.45, 2.75) is 25.9 Å². The van der Waals surface area contributed by atoms with E-state index in [1.165, 1.54) is 6.33 Å². The van der Waals surface area contributed by atoms with Crippen LogP contribution in [0.1, 0.15) is 37.1 Å². The third-order valence-corrected chi connectivity index (χ3v) is 5.33. The largest absolute Gasteiger partial charge is 0.492 e. The third kappa shape index (κ3) is 5.45. The van der Waals surface area contributed by atoms with E-state index in [0.29, 0.717) is 18.0 Å². The van der Waals surface area contributed by atoms with Crippen LogP contribution in [0.2, 0.25) is 0 Å².